The van der Waals surface area contributed by atoms with Crippen molar-refractivity contribution >= 4 is 21.7 Å². The third kappa shape index (κ3) is 3.29. The molecule has 0 spiro atoms. The van der Waals surface area contributed by atoms with Crippen molar-refractivity contribution in [1.29, 1.82) is 0 Å². The smallest absolute Gasteiger partial charge is 0.167 e. The van der Waals surface area contributed by atoms with Gasteiger partial charge in [-0.3, -0.25) is 4.79 Å². The summed E-state index contributed by atoms with van der Waals surface area (Å²) in [6.07, 6.45) is 0.331. The highest BCUT2D eigenvalue weighted by atomic mass is 79.9. The first kappa shape index (κ1) is 13.9. The van der Waals surface area contributed by atoms with Gasteiger partial charge in [0.05, 0.1) is 0 Å². The molecular formula is C16H14BrFO. The first-order valence-corrected chi connectivity index (χ1v) is 6.81. The molecule has 0 bridgehead atoms. The van der Waals surface area contributed by atoms with Gasteiger partial charge in [-0.1, -0.05) is 28.1 Å². The molecule has 0 aliphatic rings. The van der Waals surface area contributed by atoms with Crippen LogP contribution in [0.4, 0.5) is 4.39 Å². The lowest BCUT2D eigenvalue weighted by Gasteiger charge is -2.06. The third-order valence-corrected chi connectivity index (χ3v) is 3.57. The van der Waals surface area contributed by atoms with Crippen molar-refractivity contribution < 1.29 is 9.18 Å². The van der Waals surface area contributed by atoms with E-state index in [2.05, 4.69) is 15.9 Å². The molecule has 0 aromatic heterocycles. The predicted octanol–water partition coefficient (Wildman–Crippen LogP) is 4.63. The van der Waals surface area contributed by atoms with Crippen molar-refractivity contribution in [2.24, 2.45) is 0 Å². The van der Waals surface area contributed by atoms with Gasteiger partial charge in [-0.2, -0.15) is 0 Å². The molecule has 2 aromatic rings. The van der Waals surface area contributed by atoms with E-state index in [9.17, 15) is 9.18 Å². The second kappa shape index (κ2) is 5.66. The van der Waals surface area contributed by atoms with Gasteiger partial charge in [-0.15, -0.1) is 0 Å². The van der Waals surface area contributed by atoms with Crippen LogP contribution in [0.15, 0.2) is 40.9 Å². The molecule has 0 aliphatic carbocycles. The average molecular weight is 321 g/mol. The summed E-state index contributed by atoms with van der Waals surface area (Å²) in [5.74, 6) is -0.228. The third-order valence-electron chi connectivity index (χ3n) is 3.04. The lowest BCUT2D eigenvalue weighted by Crippen LogP contribution is -2.05. The Kier molecular flexibility index (Phi) is 4.15. The van der Waals surface area contributed by atoms with E-state index in [0.717, 1.165) is 10.0 Å². The molecule has 0 N–H and O–H groups in total. The highest BCUT2D eigenvalue weighted by Gasteiger charge is 2.11. The number of ketones is 1. The summed E-state index contributed by atoms with van der Waals surface area (Å²) in [4.78, 5) is 12.2. The lowest BCUT2D eigenvalue weighted by molar-refractivity contribution is 0.0992. The second-order valence-electron chi connectivity index (χ2n) is 4.65. The summed E-state index contributed by atoms with van der Waals surface area (Å²) >= 11 is 3.36. The Morgan fingerprint density at radius 2 is 1.63 bits per heavy atom. The normalized spacial score (nSPS) is 10.5. The van der Waals surface area contributed by atoms with E-state index in [1.807, 2.05) is 24.3 Å². The Morgan fingerprint density at radius 1 is 1.11 bits per heavy atom. The van der Waals surface area contributed by atoms with Crippen LogP contribution in [0.25, 0.3) is 0 Å². The summed E-state index contributed by atoms with van der Waals surface area (Å²) in [6.45, 7) is 3.36. The molecule has 0 saturated heterocycles. The summed E-state index contributed by atoms with van der Waals surface area (Å²) in [5.41, 5.74) is 2.55. The van der Waals surface area contributed by atoms with Crippen molar-refractivity contribution in [1.82, 2.24) is 0 Å². The van der Waals surface area contributed by atoms with Crippen LogP contribution in [0.2, 0.25) is 0 Å². The van der Waals surface area contributed by atoms with Crippen LogP contribution in [0, 0.1) is 19.7 Å². The molecule has 1 nitrogen and oxygen atoms in total. The standard InChI is InChI=1S/C16H14BrFO/c1-10-7-13(8-11(2)16(10)18)15(19)9-12-3-5-14(17)6-4-12/h3-8H,9H2,1-2H3. The second-order valence-corrected chi connectivity index (χ2v) is 5.57. The molecule has 19 heavy (non-hydrogen) atoms. The number of Topliss-reactive ketones (excluding diaryl/α,β-unsaturated/α-hetero) is 1. The first-order chi connectivity index (χ1) is 8.97. The van der Waals surface area contributed by atoms with Crippen LogP contribution < -0.4 is 0 Å². The van der Waals surface area contributed by atoms with Gasteiger partial charge < -0.3 is 0 Å². The van der Waals surface area contributed by atoms with Gasteiger partial charge in [-0.25, -0.2) is 4.39 Å². The monoisotopic (exact) mass is 320 g/mol. The molecule has 0 radical (unpaired) electrons. The van der Waals surface area contributed by atoms with Crippen LogP contribution in [0.5, 0.6) is 0 Å². The molecule has 3 heteroatoms. The van der Waals surface area contributed by atoms with E-state index >= 15 is 0 Å². The molecule has 2 rings (SSSR count). The minimum absolute atomic E-state index is 0.00789. The van der Waals surface area contributed by atoms with Gasteiger partial charge in [0.15, 0.2) is 5.78 Å². The largest absolute Gasteiger partial charge is 0.294 e. The number of hydrogen-bond acceptors (Lipinski definition) is 1. The van der Waals surface area contributed by atoms with Crippen LogP contribution in [-0.2, 0) is 6.42 Å². The summed E-state index contributed by atoms with van der Waals surface area (Å²) in [7, 11) is 0. The predicted molar refractivity (Wildman–Crippen MR) is 78.1 cm³/mol. The van der Waals surface area contributed by atoms with Gasteiger partial charge in [0.25, 0.3) is 0 Å². The van der Waals surface area contributed by atoms with E-state index < -0.39 is 0 Å². The molecule has 0 unspecified atom stereocenters. The van der Waals surface area contributed by atoms with Crippen molar-refractivity contribution in [3.63, 3.8) is 0 Å². The fraction of sp³-hybridized carbons (Fsp3) is 0.188. The molecule has 0 saturated carbocycles. The maximum Gasteiger partial charge on any atom is 0.167 e. The summed E-state index contributed by atoms with van der Waals surface area (Å²) in [5, 5.41) is 0. The van der Waals surface area contributed by atoms with Crippen molar-refractivity contribution in [2.45, 2.75) is 20.3 Å². The lowest BCUT2D eigenvalue weighted by atomic mass is 9.99. The topological polar surface area (TPSA) is 17.1 Å². The van der Waals surface area contributed by atoms with Gasteiger partial charge in [-0.05, 0) is 54.8 Å². The molecule has 2 aromatic carbocycles. The number of aryl methyl sites for hydroxylation is 2. The SMILES string of the molecule is Cc1cc(C(=O)Cc2ccc(Br)cc2)cc(C)c1F. The van der Waals surface area contributed by atoms with E-state index in [-0.39, 0.29) is 11.6 Å². The molecule has 0 amide bonds. The number of benzene rings is 2. The number of hydrogen-bond donors (Lipinski definition) is 0. The number of halogens is 2. The van der Waals surface area contributed by atoms with E-state index in [1.54, 1.807) is 26.0 Å². The number of carbonyl (C=O) groups excluding carboxylic acids is 1. The Balaban J connectivity index is 2.23. The molecule has 98 valence electrons. The van der Waals surface area contributed by atoms with Crippen LogP contribution >= 0.6 is 15.9 Å². The zero-order valence-corrected chi connectivity index (χ0v) is 12.4. The van der Waals surface area contributed by atoms with Crippen LogP contribution in [-0.4, -0.2) is 5.78 Å². The molecular weight excluding hydrogens is 307 g/mol. The quantitative estimate of drug-likeness (QED) is 0.753. The Bertz CT molecular complexity index is 594. The fourth-order valence-electron chi connectivity index (χ4n) is 2.00. The minimum atomic E-state index is -0.236. The molecule has 0 aliphatic heterocycles. The Morgan fingerprint density at radius 3 is 2.16 bits per heavy atom. The van der Waals surface area contributed by atoms with E-state index in [0.29, 0.717) is 23.1 Å². The molecule has 0 atom stereocenters. The van der Waals surface area contributed by atoms with Crippen molar-refractivity contribution in [3.8, 4) is 0 Å². The minimum Gasteiger partial charge on any atom is -0.294 e. The maximum absolute atomic E-state index is 13.5. The first-order valence-electron chi connectivity index (χ1n) is 6.02. The van der Waals surface area contributed by atoms with Crippen molar-refractivity contribution in [2.75, 3.05) is 0 Å². The van der Waals surface area contributed by atoms with Gasteiger partial charge in [0.1, 0.15) is 5.82 Å². The molecule has 0 heterocycles. The number of rotatable bonds is 3. The highest BCUT2D eigenvalue weighted by Crippen LogP contribution is 2.17. The zero-order valence-electron chi connectivity index (χ0n) is 10.8. The Hall–Kier alpha value is -1.48. The number of carbonyl (C=O) groups is 1. The van der Waals surface area contributed by atoms with E-state index in [4.69, 9.17) is 0 Å². The fourth-order valence-corrected chi connectivity index (χ4v) is 2.26. The summed E-state index contributed by atoms with van der Waals surface area (Å²) in [6, 6.07) is 10.9. The van der Waals surface area contributed by atoms with Gasteiger partial charge >= 0.3 is 0 Å². The molecule has 0 fully saturated rings. The van der Waals surface area contributed by atoms with Crippen molar-refractivity contribution in [3.05, 3.63) is 68.9 Å². The Labute approximate surface area is 120 Å². The van der Waals surface area contributed by atoms with Crippen LogP contribution in [0.1, 0.15) is 27.0 Å². The summed E-state index contributed by atoms with van der Waals surface area (Å²) < 4.78 is 14.5. The zero-order chi connectivity index (χ0) is 14.0. The maximum atomic E-state index is 13.5. The van der Waals surface area contributed by atoms with Gasteiger partial charge in [0, 0.05) is 16.5 Å². The van der Waals surface area contributed by atoms with E-state index in [1.165, 1.54) is 0 Å². The average Bonchev–Trinajstić information content (AvgIpc) is 2.38. The highest BCUT2D eigenvalue weighted by molar-refractivity contribution is 9.10. The van der Waals surface area contributed by atoms with Crippen LogP contribution in [0.3, 0.4) is 0 Å². The van der Waals surface area contributed by atoms with Gasteiger partial charge in [0.2, 0.25) is 0 Å².